The van der Waals surface area contributed by atoms with Gasteiger partial charge in [0.25, 0.3) is 0 Å². The SMILES string of the molecule is Cc1cc(-n2c3ccccc3c3ccc(Oc4cccc(-n5[c-][n+](-c6cc(C(C)(C)C)cc(C(C)(C)C)c6)c(-c6c(-c7ccccc7)cccc6-c6ccccc6)n5)c4)cc32)ncc1-c1ccccc1. The second-order valence-corrected chi connectivity index (χ2v) is 20.3. The smallest absolute Gasteiger partial charge is 0.233 e. The molecule has 0 unspecified atom stereocenters. The topological polar surface area (TPSA) is 48.8 Å². The second-order valence-electron chi connectivity index (χ2n) is 20.3. The largest absolute Gasteiger partial charge is 0.458 e. The molecule has 70 heavy (non-hydrogen) atoms. The van der Waals surface area contributed by atoms with E-state index in [0.29, 0.717) is 11.5 Å². The minimum atomic E-state index is -0.102. The van der Waals surface area contributed by atoms with Crippen molar-refractivity contribution in [1.82, 2.24) is 19.3 Å². The van der Waals surface area contributed by atoms with E-state index >= 15 is 0 Å². The van der Waals surface area contributed by atoms with Crippen LogP contribution < -0.4 is 9.30 Å². The first-order valence-corrected chi connectivity index (χ1v) is 24.1. The van der Waals surface area contributed by atoms with Crippen molar-refractivity contribution in [2.75, 3.05) is 0 Å². The highest BCUT2D eigenvalue weighted by molar-refractivity contribution is 6.09. The van der Waals surface area contributed by atoms with E-state index in [-0.39, 0.29) is 10.8 Å². The Bertz CT molecular complexity index is 3610. The highest BCUT2D eigenvalue weighted by Crippen LogP contribution is 2.41. The monoisotopic (exact) mass is 909 g/mol. The van der Waals surface area contributed by atoms with Crippen LogP contribution in [0.25, 0.3) is 83.8 Å². The molecule has 0 radical (unpaired) electrons. The summed E-state index contributed by atoms with van der Waals surface area (Å²) in [6, 6.07) is 70.3. The molecule has 0 saturated carbocycles. The van der Waals surface area contributed by atoms with Crippen LogP contribution in [0.3, 0.4) is 0 Å². The van der Waals surface area contributed by atoms with E-state index in [1.54, 1.807) is 0 Å². The maximum absolute atomic E-state index is 6.81. The normalized spacial score (nSPS) is 11.9. The first-order chi connectivity index (χ1) is 33.9. The van der Waals surface area contributed by atoms with Gasteiger partial charge in [-0.05, 0) is 104 Å². The summed E-state index contributed by atoms with van der Waals surface area (Å²) < 4.78 is 13.1. The summed E-state index contributed by atoms with van der Waals surface area (Å²) in [6.45, 7) is 15.8. The number of aryl methyl sites for hydroxylation is 1. The predicted octanol–water partition coefficient (Wildman–Crippen LogP) is 15.8. The fourth-order valence-corrected chi connectivity index (χ4v) is 9.54. The quantitative estimate of drug-likeness (QED) is 0.107. The molecule has 0 N–H and O–H groups in total. The number of fused-ring (bicyclic) bond motifs is 3. The van der Waals surface area contributed by atoms with Gasteiger partial charge < -0.3 is 9.30 Å². The number of rotatable bonds is 9. The van der Waals surface area contributed by atoms with Crippen LogP contribution in [0.1, 0.15) is 58.2 Å². The molecule has 0 fully saturated rings. The number of ether oxygens (including phenoxy) is 1. The lowest BCUT2D eigenvalue weighted by molar-refractivity contribution is -0.589. The number of hydrogen-bond acceptors (Lipinski definition) is 3. The molecule has 0 aliphatic heterocycles. The van der Waals surface area contributed by atoms with E-state index in [0.717, 1.165) is 89.3 Å². The van der Waals surface area contributed by atoms with Crippen LogP contribution in [-0.2, 0) is 10.8 Å². The molecule has 0 spiro atoms. The van der Waals surface area contributed by atoms with Crippen LogP contribution in [0.4, 0.5) is 0 Å². The van der Waals surface area contributed by atoms with Gasteiger partial charge in [-0.3, -0.25) is 4.57 Å². The Morgan fingerprint density at radius 3 is 1.67 bits per heavy atom. The Labute approximate surface area is 410 Å². The summed E-state index contributed by atoms with van der Waals surface area (Å²) in [5, 5.41) is 7.81. The number of hydrogen-bond donors (Lipinski definition) is 0. The molecular weight excluding hydrogens is 855 g/mol. The summed E-state index contributed by atoms with van der Waals surface area (Å²) >= 11 is 0. The van der Waals surface area contributed by atoms with Crippen molar-refractivity contribution >= 4 is 21.8 Å². The molecule has 0 aliphatic rings. The Morgan fingerprint density at radius 2 is 1.06 bits per heavy atom. The summed E-state index contributed by atoms with van der Waals surface area (Å²) in [5.74, 6) is 3.02. The van der Waals surface area contributed by atoms with Gasteiger partial charge in [-0.15, -0.1) is 0 Å². The summed E-state index contributed by atoms with van der Waals surface area (Å²) in [5.41, 5.74) is 15.0. The predicted molar refractivity (Wildman–Crippen MR) is 286 cm³/mol. The average Bonchev–Trinajstić information content (AvgIpc) is 3.96. The molecule has 3 aromatic heterocycles. The van der Waals surface area contributed by atoms with Gasteiger partial charge in [0.2, 0.25) is 12.2 Å². The molecule has 342 valence electrons. The number of pyridine rings is 1. The second kappa shape index (κ2) is 17.6. The Kier molecular flexibility index (Phi) is 11.1. The molecule has 0 atom stereocenters. The fraction of sp³-hybridized carbons (Fsp3) is 0.141. The zero-order valence-corrected chi connectivity index (χ0v) is 40.8. The zero-order valence-electron chi connectivity index (χ0n) is 40.8. The van der Waals surface area contributed by atoms with Crippen LogP contribution in [0.2, 0.25) is 0 Å². The number of benzene rings is 8. The Morgan fingerprint density at radius 1 is 0.500 bits per heavy atom. The van der Waals surface area contributed by atoms with Gasteiger partial charge in [0.05, 0.1) is 16.7 Å². The van der Waals surface area contributed by atoms with E-state index in [1.165, 1.54) is 11.1 Å². The van der Waals surface area contributed by atoms with E-state index in [2.05, 4.69) is 240 Å². The van der Waals surface area contributed by atoms with Crippen molar-refractivity contribution in [3.63, 3.8) is 0 Å². The third kappa shape index (κ3) is 8.36. The van der Waals surface area contributed by atoms with E-state index < -0.39 is 0 Å². The van der Waals surface area contributed by atoms with E-state index in [1.807, 2.05) is 35.1 Å². The molecule has 0 aliphatic carbocycles. The van der Waals surface area contributed by atoms with Crippen molar-refractivity contribution in [2.24, 2.45) is 0 Å². The molecule has 0 amide bonds. The number of nitrogens with zero attached hydrogens (tertiary/aromatic N) is 5. The molecule has 11 rings (SSSR count). The highest BCUT2D eigenvalue weighted by Gasteiger charge is 2.26. The molecule has 0 bridgehead atoms. The third-order valence-corrected chi connectivity index (χ3v) is 13.3. The molecule has 8 aromatic carbocycles. The lowest BCUT2D eigenvalue weighted by atomic mass is 9.80. The van der Waals surface area contributed by atoms with Crippen LogP contribution in [-0.4, -0.2) is 19.3 Å². The van der Waals surface area contributed by atoms with Crippen LogP contribution in [0.15, 0.2) is 206 Å². The Hall–Kier alpha value is -8.35. The van der Waals surface area contributed by atoms with Gasteiger partial charge in [-0.25, -0.2) is 4.98 Å². The maximum atomic E-state index is 6.81. The maximum Gasteiger partial charge on any atom is 0.233 e. The molecule has 11 aromatic rings. The van der Waals surface area contributed by atoms with Gasteiger partial charge in [0.15, 0.2) is 0 Å². The average molecular weight is 910 g/mol. The number of para-hydroxylation sites is 1. The standard InChI is InChI=1S/C64H55N5O/c1-43-35-60(65-41-57(43)46-25-15-10-16-26-46)69-58-32-18-17-29-55(58)56-34-33-52(40-59(56)69)70-51-28-19-27-49(39-51)68-42-67(50-37-47(63(2,3)4)36-48(38-50)64(5,6)7)62(66-68)61-53(44-21-11-8-12-22-44)30-20-31-54(61)45-23-13-9-14-24-45/h8-41H,1-7H3. The van der Waals surface area contributed by atoms with Gasteiger partial charge in [0.1, 0.15) is 17.3 Å². The Balaban J connectivity index is 1.05. The molecular formula is C64H55N5O. The van der Waals surface area contributed by atoms with Crippen molar-refractivity contribution in [2.45, 2.75) is 59.3 Å². The summed E-state index contributed by atoms with van der Waals surface area (Å²) in [6.07, 6.45) is 5.75. The van der Waals surface area contributed by atoms with Crippen molar-refractivity contribution < 1.29 is 9.30 Å². The van der Waals surface area contributed by atoms with Gasteiger partial charge >= 0.3 is 0 Å². The summed E-state index contributed by atoms with van der Waals surface area (Å²) in [4.78, 5) is 5.06. The minimum Gasteiger partial charge on any atom is -0.458 e. The van der Waals surface area contributed by atoms with Crippen LogP contribution in [0.5, 0.6) is 11.5 Å². The number of aromatic nitrogens is 5. The van der Waals surface area contributed by atoms with Gasteiger partial charge in [0, 0.05) is 39.8 Å². The van der Waals surface area contributed by atoms with E-state index in [9.17, 15) is 0 Å². The fourth-order valence-electron chi connectivity index (χ4n) is 9.54. The van der Waals surface area contributed by atoms with Crippen molar-refractivity contribution in [3.05, 3.63) is 229 Å². The first-order valence-electron chi connectivity index (χ1n) is 24.1. The molecule has 6 nitrogen and oxygen atoms in total. The lowest BCUT2D eigenvalue weighted by Gasteiger charge is -2.27. The first kappa shape index (κ1) is 44.2. The van der Waals surface area contributed by atoms with Crippen LogP contribution in [0, 0.1) is 13.3 Å². The van der Waals surface area contributed by atoms with E-state index in [4.69, 9.17) is 14.8 Å². The van der Waals surface area contributed by atoms with Crippen molar-refractivity contribution in [3.8, 4) is 73.5 Å². The molecule has 3 heterocycles. The zero-order chi connectivity index (χ0) is 48.1. The van der Waals surface area contributed by atoms with Crippen molar-refractivity contribution in [1.29, 1.82) is 0 Å². The van der Waals surface area contributed by atoms with Gasteiger partial charge in [-0.1, -0.05) is 199 Å². The molecule has 6 heteroatoms. The van der Waals surface area contributed by atoms with Gasteiger partial charge in [-0.2, -0.15) is 4.68 Å². The molecule has 0 saturated heterocycles. The lowest BCUT2D eigenvalue weighted by Crippen LogP contribution is -2.33. The van der Waals surface area contributed by atoms with Crippen LogP contribution >= 0.6 is 0 Å². The third-order valence-electron chi connectivity index (χ3n) is 13.3. The highest BCUT2D eigenvalue weighted by atomic mass is 16.5. The summed E-state index contributed by atoms with van der Waals surface area (Å²) in [7, 11) is 0. The minimum absolute atomic E-state index is 0.102.